The monoisotopic (exact) mass is 286 g/mol. The molecular formula is C11H9F3N4O2. The normalized spacial score (nSPS) is 11.3. The van der Waals surface area contributed by atoms with Gasteiger partial charge in [-0.2, -0.15) is 13.2 Å². The molecule has 0 spiro atoms. The molecule has 106 valence electrons. The number of nitrogens with one attached hydrogen (secondary N) is 1. The third kappa shape index (κ3) is 2.87. The topological polar surface area (TPSA) is 94.0 Å². The first-order chi connectivity index (χ1) is 9.39. The first kappa shape index (κ1) is 13.8. The number of carbonyl (C=O) groups excluding carboxylic acids is 1. The fraction of sp³-hybridized carbons (Fsp3) is 0.182. The van der Waals surface area contributed by atoms with Gasteiger partial charge >= 0.3 is 6.18 Å². The average Bonchev–Trinajstić information content (AvgIpc) is 2.81. The summed E-state index contributed by atoms with van der Waals surface area (Å²) in [6, 6.07) is 4.93. The van der Waals surface area contributed by atoms with Crippen LogP contribution >= 0.6 is 0 Å². The van der Waals surface area contributed by atoms with Crippen molar-refractivity contribution in [3.63, 3.8) is 0 Å². The second-order valence-electron chi connectivity index (χ2n) is 3.84. The molecule has 0 aliphatic heterocycles. The number of nitrogens with two attached hydrogens (primary N) is 1. The highest BCUT2D eigenvalue weighted by atomic mass is 19.4. The van der Waals surface area contributed by atoms with Crippen molar-refractivity contribution in [3.05, 3.63) is 41.1 Å². The number of rotatable bonds is 3. The molecule has 0 atom stereocenters. The number of hydrogen-bond donors (Lipinski definition) is 2. The van der Waals surface area contributed by atoms with Crippen molar-refractivity contribution in [2.24, 2.45) is 0 Å². The highest BCUT2D eigenvalue weighted by Crippen LogP contribution is 2.31. The second-order valence-corrected chi connectivity index (χ2v) is 3.84. The Morgan fingerprint density at radius 1 is 1.30 bits per heavy atom. The van der Waals surface area contributed by atoms with E-state index < -0.39 is 17.6 Å². The molecule has 0 bridgehead atoms. The van der Waals surface area contributed by atoms with Crippen LogP contribution in [0.3, 0.4) is 0 Å². The standard InChI is InChI=1S/C11H9F3N4O2/c12-11(13,14)7-4-2-1-3-6(7)5-16-10(19)8-9(15)18-20-17-8/h1-4H,5H2,(H2,15,18)(H,16,19). The van der Waals surface area contributed by atoms with Crippen LogP contribution in [-0.2, 0) is 12.7 Å². The maximum atomic E-state index is 12.7. The molecule has 3 N–H and O–H groups in total. The summed E-state index contributed by atoms with van der Waals surface area (Å²) in [6.07, 6.45) is -4.49. The van der Waals surface area contributed by atoms with Crippen molar-refractivity contribution in [2.45, 2.75) is 12.7 Å². The van der Waals surface area contributed by atoms with Crippen molar-refractivity contribution in [1.82, 2.24) is 15.6 Å². The summed E-state index contributed by atoms with van der Waals surface area (Å²) in [5, 5.41) is 8.73. The van der Waals surface area contributed by atoms with Gasteiger partial charge in [0.15, 0.2) is 0 Å². The van der Waals surface area contributed by atoms with E-state index in [2.05, 4.69) is 20.3 Å². The lowest BCUT2D eigenvalue weighted by atomic mass is 10.1. The van der Waals surface area contributed by atoms with Gasteiger partial charge in [0.2, 0.25) is 11.5 Å². The van der Waals surface area contributed by atoms with Crippen molar-refractivity contribution in [2.75, 3.05) is 5.73 Å². The average molecular weight is 286 g/mol. The number of alkyl halides is 3. The maximum absolute atomic E-state index is 12.7. The van der Waals surface area contributed by atoms with E-state index in [1.54, 1.807) is 0 Å². The molecule has 0 aliphatic carbocycles. The van der Waals surface area contributed by atoms with Gasteiger partial charge in [-0.1, -0.05) is 18.2 Å². The number of aromatic nitrogens is 2. The van der Waals surface area contributed by atoms with Gasteiger partial charge in [0.05, 0.1) is 5.56 Å². The highest BCUT2D eigenvalue weighted by molar-refractivity contribution is 5.95. The molecular weight excluding hydrogens is 277 g/mol. The molecule has 0 fully saturated rings. The van der Waals surface area contributed by atoms with Gasteiger partial charge in [0.1, 0.15) is 0 Å². The Morgan fingerprint density at radius 2 is 2.00 bits per heavy atom. The third-order valence-electron chi connectivity index (χ3n) is 2.49. The van der Waals surface area contributed by atoms with Crippen LogP contribution in [0.5, 0.6) is 0 Å². The SMILES string of the molecule is Nc1nonc1C(=O)NCc1ccccc1C(F)(F)F. The summed E-state index contributed by atoms with van der Waals surface area (Å²) in [7, 11) is 0. The molecule has 0 radical (unpaired) electrons. The van der Waals surface area contributed by atoms with Gasteiger partial charge in [-0.05, 0) is 21.9 Å². The molecule has 0 unspecified atom stereocenters. The number of halogens is 3. The Kier molecular flexibility index (Phi) is 3.59. The van der Waals surface area contributed by atoms with E-state index in [9.17, 15) is 18.0 Å². The number of hydrogen-bond acceptors (Lipinski definition) is 5. The molecule has 1 aromatic carbocycles. The van der Waals surface area contributed by atoms with Crippen LogP contribution in [0.1, 0.15) is 21.6 Å². The van der Waals surface area contributed by atoms with Crippen LogP contribution in [-0.4, -0.2) is 16.2 Å². The number of carbonyl (C=O) groups is 1. The van der Waals surface area contributed by atoms with Crippen molar-refractivity contribution in [3.8, 4) is 0 Å². The molecule has 20 heavy (non-hydrogen) atoms. The molecule has 1 aromatic heterocycles. The van der Waals surface area contributed by atoms with E-state index in [0.29, 0.717) is 0 Å². The van der Waals surface area contributed by atoms with Gasteiger partial charge in [-0.3, -0.25) is 4.79 Å². The molecule has 1 heterocycles. The minimum atomic E-state index is -4.49. The Labute approximate surface area is 110 Å². The zero-order chi connectivity index (χ0) is 14.8. The van der Waals surface area contributed by atoms with Gasteiger partial charge in [0, 0.05) is 6.54 Å². The summed E-state index contributed by atoms with van der Waals surface area (Å²) in [6.45, 7) is -0.319. The Balaban J connectivity index is 2.12. The summed E-state index contributed by atoms with van der Waals surface area (Å²) < 4.78 is 42.5. The van der Waals surface area contributed by atoms with Crippen molar-refractivity contribution in [1.29, 1.82) is 0 Å². The summed E-state index contributed by atoms with van der Waals surface area (Å²) in [5.74, 6) is -0.993. The fourth-order valence-corrected chi connectivity index (χ4v) is 1.56. The number of amides is 1. The van der Waals surface area contributed by atoms with Crippen molar-refractivity contribution >= 4 is 11.7 Å². The van der Waals surface area contributed by atoms with Gasteiger partial charge in [-0.15, -0.1) is 0 Å². The number of nitrogen functional groups attached to an aromatic ring is 1. The van der Waals surface area contributed by atoms with Crippen molar-refractivity contribution < 1.29 is 22.6 Å². The van der Waals surface area contributed by atoms with E-state index in [-0.39, 0.29) is 23.6 Å². The van der Waals surface area contributed by atoms with Crippen LogP contribution in [0.25, 0.3) is 0 Å². The first-order valence-corrected chi connectivity index (χ1v) is 5.41. The van der Waals surface area contributed by atoms with Gasteiger partial charge < -0.3 is 11.1 Å². The zero-order valence-electron chi connectivity index (χ0n) is 9.94. The Hall–Kier alpha value is -2.58. The van der Waals surface area contributed by atoms with Crippen LogP contribution in [0.15, 0.2) is 28.9 Å². The van der Waals surface area contributed by atoms with E-state index in [1.807, 2.05) is 0 Å². The van der Waals surface area contributed by atoms with Crippen LogP contribution in [0, 0.1) is 0 Å². The quantitative estimate of drug-likeness (QED) is 0.893. The molecule has 9 heteroatoms. The molecule has 1 amide bonds. The highest BCUT2D eigenvalue weighted by Gasteiger charge is 2.32. The molecule has 2 aromatic rings. The second kappa shape index (κ2) is 5.19. The minimum Gasteiger partial charge on any atom is -0.379 e. The largest absolute Gasteiger partial charge is 0.416 e. The maximum Gasteiger partial charge on any atom is 0.416 e. The number of benzene rings is 1. The number of anilines is 1. The lowest BCUT2D eigenvalue weighted by Gasteiger charge is -2.12. The van der Waals surface area contributed by atoms with Gasteiger partial charge in [-0.25, -0.2) is 4.63 Å². The van der Waals surface area contributed by atoms with E-state index in [4.69, 9.17) is 5.73 Å². The van der Waals surface area contributed by atoms with Crippen LogP contribution in [0.4, 0.5) is 19.0 Å². The lowest BCUT2D eigenvalue weighted by Crippen LogP contribution is -2.25. The molecule has 0 saturated carbocycles. The molecule has 6 nitrogen and oxygen atoms in total. The van der Waals surface area contributed by atoms with Crippen LogP contribution in [0.2, 0.25) is 0 Å². The van der Waals surface area contributed by atoms with E-state index in [0.717, 1.165) is 6.07 Å². The fourth-order valence-electron chi connectivity index (χ4n) is 1.56. The Morgan fingerprint density at radius 3 is 2.60 bits per heavy atom. The molecule has 0 saturated heterocycles. The number of nitrogens with zero attached hydrogens (tertiary/aromatic N) is 2. The first-order valence-electron chi connectivity index (χ1n) is 5.41. The van der Waals surface area contributed by atoms with E-state index in [1.165, 1.54) is 18.2 Å². The van der Waals surface area contributed by atoms with Gasteiger partial charge in [0.25, 0.3) is 5.91 Å². The zero-order valence-corrected chi connectivity index (χ0v) is 9.94. The minimum absolute atomic E-state index is 0.0663. The summed E-state index contributed by atoms with van der Waals surface area (Å²) in [4.78, 5) is 11.6. The summed E-state index contributed by atoms with van der Waals surface area (Å²) in [5.41, 5.74) is 4.15. The smallest absolute Gasteiger partial charge is 0.379 e. The lowest BCUT2D eigenvalue weighted by molar-refractivity contribution is -0.138. The summed E-state index contributed by atoms with van der Waals surface area (Å²) >= 11 is 0. The van der Waals surface area contributed by atoms with Crippen LogP contribution < -0.4 is 11.1 Å². The Bertz CT molecular complexity index is 624. The molecule has 0 aliphatic rings. The predicted octanol–water partition coefficient (Wildman–Crippen LogP) is 1.60. The molecule has 2 rings (SSSR count). The predicted molar refractivity (Wildman–Crippen MR) is 61.3 cm³/mol. The third-order valence-corrected chi connectivity index (χ3v) is 2.49. The van der Waals surface area contributed by atoms with E-state index >= 15 is 0 Å².